The fourth-order valence-corrected chi connectivity index (χ4v) is 0.581. The molecule has 11 heavy (non-hydrogen) atoms. The normalized spacial score (nSPS) is 15.1. The lowest BCUT2D eigenvalue weighted by Gasteiger charge is -1.78. The van der Waals surface area contributed by atoms with Gasteiger partial charge in [0.25, 0.3) is 0 Å². The molecule has 1 aromatic carbocycles. The zero-order valence-electron chi connectivity index (χ0n) is 6.76. The molecule has 1 fully saturated rings. The van der Waals surface area contributed by atoms with Crippen LogP contribution in [0.15, 0.2) is 30.3 Å². The first-order chi connectivity index (χ1) is 5.29. The van der Waals surface area contributed by atoms with E-state index in [2.05, 4.69) is 6.92 Å². The molecular formula is C10H13F. The molecule has 0 atom stereocenters. The molecule has 0 heterocycles. The average Bonchev–Trinajstić information content (AvgIpc) is 2.75. The second-order valence-corrected chi connectivity index (χ2v) is 2.98. The van der Waals surface area contributed by atoms with E-state index in [0.29, 0.717) is 0 Å². The molecule has 0 radical (unpaired) electrons. The maximum absolute atomic E-state index is 11.9. The zero-order chi connectivity index (χ0) is 8.10. The smallest absolute Gasteiger partial charge is 0.123 e. The van der Waals surface area contributed by atoms with Gasteiger partial charge in [0.15, 0.2) is 0 Å². The summed E-state index contributed by atoms with van der Waals surface area (Å²) in [6, 6.07) is 7.94. The number of benzene rings is 1. The largest absolute Gasteiger partial charge is 0.207 e. The van der Waals surface area contributed by atoms with Crippen LogP contribution in [0.4, 0.5) is 4.39 Å². The minimum absolute atomic E-state index is 0.178. The first-order valence-corrected chi connectivity index (χ1v) is 3.99. The lowest BCUT2D eigenvalue weighted by molar-refractivity contribution is 0.628. The SMILES string of the molecule is CC1CC1.Fc1ccccc1. The van der Waals surface area contributed by atoms with Crippen molar-refractivity contribution in [1.82, 2.24) is 0 Å². The van der Waals surface area contributed by atoms with Gasteiger partial charge in [0.1, 0.15) is 5.82 Å². The Morgan fingerprint density at radius 2 is 1.64 bits per heavy atom. The van der Waals surface area contributed by atoms with E-state index in [-0.39, 0.29) is 5.82 Å². The second kappa shape index (κ2) is 4.12. The third-order valence-corrected chi connectivity index (χ3v) is 1.60. The quantitative estimate of drug-likeness (QED) is 0.535. The van der Waals surface area contributed by atoms with Crippen LogP contribution in [0.25, 0.3) is 0 Å². The van der Waals surface area contributed by atoms with Crippen LogP contribution < -0.4 is 0 Å². The number of hydrogen-bond donors (Lipinski definition) is 0. The van der Waals surface area contributed by atoms with Gasteiger partial charge in [-0.15, -0.1) is 0 Å². The van der Waals surface area contributed by atoms with Gasteiger partial charge in [-0.1, -0.05) is 38.0 Å². The summed E-state index contributed by atoms with van der Waals surface area (Å²) in [6.07, 6.45) is 2.97. The molecule has 1 aromatic rings. The van der Waals surface area contributed by atoms with Crippen molar-refractivity contribution in [3.63, 3.8) is 0 Å². The summed E-state index contributed by atoms with van der Waals surface area (Å²) >= 11 is 0. The predicted octanol–water partition coefficient (Wildman–Crippen LogP) is 3.24. The minimum atomic E-state index is -0.178. The van der Waals surface area contributed by atoms with Crippen LogP contribution in [0.2, 0.25) is 0 Å². The van der Waals surface area contributed by atoms with E-state index in [1.165, 1.54) is 25.0 Å². The van der Waals surface area contributed by atoms with E-state index >= 15 is 0 Å². The van der Waals surface area contributed by atoms with Crippen molar-refractivity contribution >= 4 is 0 Å². The highest BCUT2D eigenvalue weighted by Gasteiger charge is 2.12. The molecule has 0 unspecified atom stereocenters. The molecule has 60 valence electrons. The molecule has 1 saturated carbocycles. The van der Waals surface area contributed by atoms with E-state index in [1.807, 2.05) is 0 Å². The maximum atomic E-state index is 11.9. The second-order valence-electron chi connectivity index (χ2n) is 2.98. The van der Waals surface area contributed by atoms with Gasteiger partial charge in [-0.3, -0.25) is 0 Å². The molecular weight excluding hydrogens is 139 g/mol. The van der Waals surface area contributed by atoms with E-state index in [1.54, 1.807) is 18.2 Å². The van der Waals surface area contributed by atoms with Gasteiger partial charge in [0, 0.05) is 0 Å². The average molecular weight is 152 g/mol. The first kappa shape index (κ1) is 8.25. The van der Waals surface area contributed by atoms with Crippen molar-refractivity contribution < 1.29 is 4.39 Å². The number of hydrogen-bond acceptors (Lipinski definition) is 0. The van der Waals surface area contributed by atoms with E-state index in [9.17, 15) is 4.39 Å². The summed E-state index contributed by atoms with van der Waals surface area (Å²) < 4.78 is 11.9. The molecule has 1 heteroatoms. The first-order valence-electron chi connectivity index (χ1n) is 3.99. The van der Waals surface area contributed by atoms with Gasteiger partial charge in [0.2, 0.25) is 0 Å². The monoisotopic (exact) mass is 152 g/mol. The van der Waals surface area contributed by atoms with Crippen LogP contribution in [-0.4, -0.2) is 0 Å². The van der Waals surface area contributed by atoms with Crippen LogP contribution in [-0.2, 0) is 0 Å². The van der Waals surface area contributed by atoms with E-state index in [4.69, 9.17) is 0 Å². The van der Waals surface area contributed by atoms with E-state index in [0.717, 1.165) is 5.92 Å². The summed E-state index contributed by atoms with van der Waals surface area (Å²) in [5.41, 5.74) is 0. The zero-order valence-corrected chi connectivity index (χ0v) is 6.76. The van der Waals surface area contributed by atoms with Crippen LogP contribution >= 0.6 is 0 Å². The van der Waals surface area contributed by atoms with Gasteiger partial charge in [-0.2, -0.15) is 0 Å². The Morgan fingerprint density at radius 1 is 1.18 bits per heavy atom. The molecule has 1 aliphatic rings. The van der Waals surface area contributed by atoms with Gasteiger partial charge in [-0.25, -0.2) is 4.39 Å². The molecule has 1 aliphatic carbocycles. The molecule has 0 aliphatic heterocycles. The molecule has 0 aromatic heterocycles. The summed E-state index contributed by atoms with van der Waals surface area (Å²) in [4.78, 5) is 0. The van der Waals surface area contributed by atoms with Gasteiger partial charge in [-0.05, 0) is 18.1 Å². The standard InChI is InChI=1S/C6H5F.C4H8/c7-6-4-2-1-3-5-6;1-4-2-3-4/h1-5H;4H,2-3H2,1H3. The molecule has 2 rings (SSSR count). The Balaban J connectivity index is 0.000000128. The fraction of sp³-hybridized carbons (Fsp3) is 0.400. The lowest BCUT2D eigenvalue weighted by Crippen LogP contribution is -1.63. The van der Waals surface area contributed by atoms with E-state index < -0.39 is 0 Å². The topological polar surface area (TPSA) is 0 Å². The van der Waals surface area contributed by atoms with Gasteiger partial charge < -0.3 is 0 Å². The molecule has 0 spiro atoms. The number of rotatable bonds is 0. The fourth-order valence-electron chi connectivity index (χ4n) is 0.581. The van der Waals surface area contributed by atoms with Crippen molar-refractivity contribution in [2.75, 3.05) is 0 Å². The van der Waals surface area contributed by atoms with Crippen molar-refractivity contribution in [2.24, 2.45) is 5.92 Å². The highest BCUT2D eigenvalue weighted by molar-refractivity contribution is 5.02. The summed E-state index contributed by atoms with van der Waals surface area (Å²) in [6.45, 7) is 2.28. The van der Waals surface area contributed by atoms with Gasteiger partial charge in [0.05, 0.1) is 0 Å². The van der Waals surface area contributed by atoms with Gasteiger partial charge >= 0.3 is 0 Å². The Morgan fingerprint density at radius 3 is 1.82 bits per heavy atom. The summed E-state index contributed by atoms with van der Waals surface area (Å²) in [5, 5.41) is 0. The Bertz CT molecular complexity index is 189. The molecule has 0 amide bonds. The Labute approximate surface area is 67.1 Å². The van der Waals surface area contributed by atoms with Crippen LogP contribution in [0, 0.1) is 11.7 Å². The lowest BCUT2D eigenvalue weighted by atomic mass is 10.4. The van der Waals surface area contributed by atoms with Crippen molar-refractivity contribution in [3.8, 4) is 0 Å². The highest BCUT2D eigenvalue weighted by Crippen LogP contribution is 2.26. The Kier molecular flexibility index (Phi) is 3.09. The third-order valence-electron chi connectivity index (χ3n) is 1.60. The third kappa shape index (κ3) is 4.54. The summed E-state index contributed by atoms with van der Waals surface area (Å²) in [7, 11) is 0. The van der Waals surface area contributed by atoms with Crippen LogP contribution in [0.1, 0.15) is 19.8 Å². The predicted molar refractivity (Wildman–Crippen MR) is 44.8 cm³/mol. The summed E-state index contributed by atoms with van der Waals surface area (Å²) in [5.74, 6) is 0.905. The molecule has 0 bridgehead atoms. The maximum Gasteiger partial charge on any atom is 0.123 e. The highest BCUT2D eigenvalue weighted by atomic mass is 19.1. The molecule has 0 N–H and O–H groups in total. The minimum Gasteiger partial charge on any atom is -0.207 e. The van der Waals surface area contributed by atoms with Crippen LogP contribution in [0.3, 0.4) is 0 Å². The molecule has 0 saturated heterocycles. The van der Waals surface area contributed by atoms with Crippen molar-refractivity contribution in [3.05, 3.63) is 36.1 Å². The Hall–Kier alpha value is -0.850. The van der Waals surface area contributed by atoms with Crippen LogP contribution in [0.5, 0.6) is 0 Å². The van der Waals surface area contributed by atoms with Crippen molar-refractivity contribution in [2.45, 2.75) is 19.8 Å². The molecule has 0 nitrogen and oxygen atoms in total. The number of halogens is 1. The van der Waals surface area contributed by atoms with Crippen molar-refractivity contribution in [1.29, 1.82) is 0 Å².